The number of nitrogens with zero attached hydrogens (tertiary/aromatic N) is 2. The molecule has 152 valence electrons. The van der Waals surface area contributed by atoms with E-state index in [0.29, 0.717) is 28.2 Å². The Kier molecular flexibility index (Phi) is 5.46. The van der Waals surface area contributed by atoms with Crippen molar-refractivity contribution in [2.45, 2.75) is 33.0 Å². The van der Waals surface area contributed by atoms with E-state index in [0.717, 1.165) is 12.1 Å². The van der Waals surface area contributed by atoms with Crippen LogP contribution in [-0.4, -0.2) is 15.7 Å². The molecule has 0 aliphatic heterocycles. The van der Waals surface area contributed by atoms with Gasteiger partial charge in [-0.25, -0.2) is 9.07 Å². The van der Waals surface area contributed by atoms with Gasteiger partial charge in [0.25, 0.3) is 5.91 Å². The summed E-state index contributed by atoms with van der Waals surface area (Å²) in [6.07, 6.45) is -4.41. The highest BCUT2D eigenvalue weighted by Crippen LogP contribution is 2.30. The Morgan fingerprint density at radius 1 is 1.03 bits per heavy atom. The van der Waals surface area contributed by atoms with Gasteiger partial charge in [0, 0.05) is 0 Å². The first-order valence-corrected chi connectivity index (χ1v) is 8.88. The van der Waals surface area contributed by atoms with Crippen LogP contribution in [0, 0.1) is 19.7 Å². The predicted molar refractivity (Wildman–Crippen MR) is 100 cm³/mol. The molecule has 3 aromatic rings. The third-order valence-electron chi connectivity index (χ3n) is 4.68. The van der Waals surface area contributed by atoms with E-state index in [1.165, 1.54) is 24.3 Å². The Hall–Kier alpha value is -3.16. The first-order valence-electron chi connectivity index (χ1n) is 8.88. The third-order valence-corrected chi connectivity index (χ3v) is 4.68. The Bertz CT molecular complexity index is 1020. The molecule has 3 rings (SSSR count). The number of benzene rings is 2. The van der Waals surface area contributed by atoms with Gasteiger partial charge in [-0.1, -0.05) is 12.1 Å². The number of rotatable bonds is 4. The zero-order valence-corrected chi connectivity index (χ0v) is 16.0. The van der Waals surface area contributed by atoms with E-state index in [9.17, 15) is 22.4 Å². The molecule has 0 aliphatic carbocycles. The highest BCUT2D eigenvalue weighted by molar-refractivity contribution is 5.96. The van der Waals surface area contributed by atoms with Crippen LogP contribution in [0.4, 0.5) is 17.6 Å². The fourth-order valence-electron chi connectivity index (χ4n) is 3.12. The summed E-state index contributed by atoms with van der Waals surface area (Å²) in [6.45, 7) is 5.10. The van der Waals surface area contributed by atoms with E-state index >= 15 is 0 Å². The van der Waals surface area contributed by atoms with Crippen LogP contribution in [0.15, 0.2) is 48.5 Å². The number of hydrogen-bond donors (Lipinski definition) is 1. The van der Waals surface area contributed by atoms with Gasteiger partial charge < -0.3 is 5.32 Å². The molecular weight excluding hydrogens is 386 g/mol. The van der Waals surface area contributed by atoms with Crippen LogP contribution in [-0.2, 0) is 6.18 Å². The Labute approximate surface area is 165 Å². The van der Waals surface area contributed by atoms with E-state index in [1.54, 1.807) is 37.6 Å². The summed E-state index contributed by atoms with van der Waals surface area (Å²) in [7, 11) is 0. The number of amides is 1. The van der Waals surface area contributed by atoms with Crippen molar-refractivity contribution in [3.63, 3.8) is 0 Å². The molecule has 29 heavy (non-hydrogen) atoms. The molecule has 0 radical (unpaired) electrons. The highest BCUT2D eigenvalue weighted by atomic mass is 19.4. The Morgan fingerprint density at radius 2 is 1.62 bits per heavy atom. The van der Waals surface area contributed by atoms with Crippen LogP contribution < -0.4 is 5.32 Å². The van der Waals surface area contributed by atoms with Crippen molar-refractivity contribution in [1.29, 1.82) is 0 Å². The van der Waals surface area contributed by atoms with Gasteiger partial charge >= 0.3 is 6.18 Å². The number of alkyl halides is 3. The average Bonchev–Trinajstić information content (AvgIpc) is 2.96. The maximum Gasteiger partial charge on any atom is 0.416 e. The SMILES string of the molecule is Cc1nn(-c2ccc(F)cc2)c(C)c1C(=O)NC(C)c1ccc(C(F)(F)F)cc1. The summed E-state index contributed by atoms with van der Waals surface area (Å²) in [6, 6.07) is 9.88. The van der Waals surface area contributed by atoms with Gasteiger partial charge in [-0.05, 0) is 62.7 Å². The molecule has 1 atom stereocenters. The molecule has 8 heteroatoms. The minimum atomic E-state index is -4.41. The maximum atomic E-state index is 13.2. The highest BCUT2D eigenvalue weighted by Gasteiger charge is 2.30. The van der Waals surface area contributed by atoms with Gasteiger partial charge in [0.05, 0.1) is 34.2 Å². The summed E-state index contributed by atoms with van der Waals surface area (Å²) in [5.41, 5.74) is 1.85. The summed E-state index contributed by atoms with van der Waals surface area (Å²) < 4.78 is 52.8. The summed E-state index contributed by atoms with van der Waals surface area (Å²) in [5.74, 6) is -0.764. The smallest absolute Gasteiger partial charge is 0.345 e. The predicted octanol–water partition coefficient (Wildman–Crippen LogP) is 5.14. The first kappa shape index (κ1) is 20.6. The van der Waals surface area contributed by atoms with Crippen LogP contribution in [0.1, 0.15) is 45.8 Å². The van der Waals surface area contributed by atoms with Crippen molar-refractivity contribution >= 4 is 5.91 Å². The van der Waals surface area contributed by atoms with Gasteiger partial charge in [-0.2, -0.15) is 18.3 Å². The molecule has 1 unspecified atom stereocenters. The molecule has 0 fully saturated rings. The van der Waals surface area contributed by atoms with E-state index < -0.39 is 17.8 Å². The Balaban J connectivity index is 1.81. The number of carbonyl (C=O) groups is 1. The van der Waals surface area contributed by atoms with Crippen LogP contribution in [0.5, 0.6) is 0 Å². The molecule has 1 N–H and O–H groups in total. The standard InChI is InChI=1S/C21H19F4N3O/c1-12(15-4-6-16(7-5-15)21(23,24)25)26-20(29)19-13(2)27-28(14(19)3)18-10-8-17(22)9-11-18/h4-12H,1-3H3,(H,26,29). The van der Waals surface area contributed by atoms with Crippen molar-refractivity contribution in [2.24, 2.45) is 0 Å². The molecule has 0 spiro atoms. The second kappa shape index (κ2) is 7.69. The topological polar surface area (TPSA) is 46.9 Å². The van der Waals surface area contributed by atoms with Gasteiger partial charge in [0.15, 0.2) is 0 Å². The quantitative estimate of drug-likeness (QED) is 0.611. The molecule has 1 aromatic heterocycles. The van der Waals surface area contributed by atoms with Crippen LogP contribution in [0.2, 0.25) is 0 Å². The molecule has 0 aliphatic rings. The summed E-state index contributed by atoms with van der Waals surface area (Å²) >= 11 is 0. The third kappa shape index (κ3) is 4.31. The van der Waals surface area contributed by atoms with Crippen LogP contribution in [0.3, 0.4) is 0 Å². The van der Waals surface area contributed by atoms with Gasteiger partial charge in [0.1, 0.15) is 5.82 Å². The lowest BCUT2D eigenvalue weighted by atomic mass is 10.0. The van der Waals surface area contributed by atoms with Crippen molar-refractivity contribution < 1.29 is 22.4 Å². The average molecular weight is 405 g/mol. The fraction of sp³-hybridized carbons (Fsp3) is 0.238. The molecule has 0 saturated carbocycles. The lowest BCUT2D eigenvalue weighted by Gasteiger charge is -2.16. The molecule has 4 nitrogen and oxygen atoms in total. The van der Waals surface area contributed by atoms with E-state index in [4.69, 9.17) is 0 Å². The zero-order valence-electron chi connectivity index (χ0n) is 16.0. The molecule has 2 aromatic carbocycles. The van der Waals surface area contributed by atoms with Crippen LogP contribution >= 0.6 is 0 Å². The molecule has 1 heterocycles. The van der Waals surface area contributed by atoms with Gasteiger partial charge in [-0.3, -0.25) is 4.79 Å². The molecule has 1 amide bonds. The number of halogens is 4. The number of aryl methyl sites for hydroxylation is 1. The largest absolute Gasteiger partial charge is 0.416 e. The molecule has 0 saturated heterocycles. The normalized spacial score (nSPS) is 12.7. The molecule has 0 bridgehead atoms. The lowest BCUT2D eigenvalue weighted by molar-refractivity contribution is -0.137. The Morgan fingerprint density at radius 3 is 2.17 bits per heavy atom. The second-order valence-corrected chi connectivity index (χ2v) is 6.75. The number of nitrogens with one attached hydrogen (secondary N) is 1. The second-order valence-electron chi connectivity index (χ2n) is 6.75. The fourth-order valence-corrected chi connectivity index (χ4v) is 3.12. The number of aromatic nitrogens is 2. The summed E-state index contributed by atoms with van der Waals surface area (Å²) in [5, 5.41) is 7.15. The van der Waals surface area contributed by atoms with Gasteiger partial charge in [-0.15, -0.1) is 0 Å². The van der Waals surface area contributed by atoms with Crippen LogP contribution in [0.25, 0.3) is 5.69 Å². The molecular formula is C21H19F4N3O. The lowest BCUT2D eigenvalue weighted by Crippen LogP contribution is -2.27. The van der Waals surface area contributed by atoms with E-state index in [1.807, 2.05) is 0 Å². The summed E-state index contributed by atoms with van der Waals surface area (Å²) in [4.78, 5) is 12.8. The first-order chi connectivity index (χ1) is 13.6. The number of hydrogen-bond acceptors (Lipinski definition) is 2. The van der Waals surface area contributed by atoms with Crippen molar-refractivity contribution in [3.05, 3.63) is 82.4 Å². The minimum Gasteiger partial charge on any atom is -0.345 e. The zero-order chi connectivity index (χ0) is 21.3. The van der Waals surface area contributed by atoms with E-state index in [2.05, 4.69) is 10.4 Å². The minimum absolute atomic E-state index is 0.369. The monoisotopic (exact) mass is 405 g/mol. The van der Waals surface area contributed by atoms with Crippen molar-refractivity contribution in [1.82, 2.24) is 15.1 Å². The van der Waals surface area contributed by atoms with Crippen molar-refractivity contribution in [3.8, 4) is 5.69 Å². The van der Waals surface area contributed by atoms with Crippen molar-refractivity contribution in [2.75, 3.05) is 0 Å². The number of carbonyl (C=O) groups excluding carboxylic acids is 1. The van der Waals surface area contributed by atoms with E-state index in [-0.39, 0.29) is 11.7 Å². The van der Waals surface area contributed by atoms with Gasteiger partial charge in [0.2, 0.25) is 0 Å². The maximum absolute atomic E-state index is 13.2.